The molecule has 0 saturated carbocycles. The first-order valence-electron chi connectivity index (χ1n) is 6.85. The third kappa shape index (κ3) is 4.47. The van der Waals surface area contributed by atoms with Gasteiger partial charge in [0, 0.05) is 12.1 Å². The van der Waals surface area contributed by atoms with Crippen molar-refractivity contribution in [1.29, 1.82) is 0 Å². The van der Waals surface area contributed by atoms with Gasteiger partial charge >= 0.3 is 5.97 Å². The molecule has 0 radical (unpaired) electrons. The fourth-order valence-corrected chi connectivity index (χ4v) is 2.01. The van der Waals surface area contributed by atoms with Gasteiger partial charge in [0.1, 0.15) is 11.9 Å². The maximum Gasteiger partial charge on any atom is 0.331 e. The Morgan fingerprint density at radius 2 is 1.87 bits per heavy atom. The zero-order valence-electron chi connectivity index (χ0n) is 12.3. The highest BCUT2D eigenvalue weighted by molar-refractivity contribution is 5.87. The summed E-state index contributed by atoms with van der Waals surface area (Å²) in [7, 11) is 0. The number of hydrogen-bond donors (Lipinski definition) is 0. The molecule has 1 atom stereocenters. The molecule has 2 rings (SSSR count). The number of para-hydroxylation sites is 1. The summed E-state index contributed by atoms with van der Waals surface area (Å²) in [6.45, 7) is 1.56. The van der Waals surface area contributed by atoms with E-state index in [4.69, 9.17) is 4.74 Å². The highest BCUT2D eigenvalue weighted by atomic mass is 19.1. The Bertz CT molecular complexity index is 741. The van der Waals surface area contributed by atoms with Crippen LogP contribution >= 0.6 is 0 Å². The number of halogens is 1. The summed E-state index contributed by atoms with van der Waals surface area (Å²) in [6.07, 6.45) is 1.91. The van der Waals surface area contributed by atoms with Gasteiger partial charge in [0.15, 0.2) is 0 Å². The molecule has 0 aliphatic heterocycles. The minimum atomic E-state index is -0.762. The molecule has 23 heavy (non-hydrogen) atoms. The molecule has 0 fully saturated rings. The summed E-state index contributed by atoms with van der Waals surface area (Å²) >= 11 is 0. The largest absolute Gasteiger partial charge is 0.454 e. The molecule has 0 aliphatic rings. The Morgan fingerprint density at radius 3 is 2.52 bits per heavy atom. The van der Waals surface area contributed by atoms with Gasteiger partial charge in [-0.25, -0.2) is 9.18 Å². The Morgan fingerprint density at radius 1 is 1.22 bits per heavy atom. The van der Waals surface area contributed by atoms with Crippen LogP contribution in [0.4, 0.5) is 10.1 Å². The number of hydrogen-bond acceptors (Lipinski definition) is 4. The zero-order chi connectivity index (χ0) is 16.8. The Kier molecular flexibility index (Phi) is 5.19. The minimum Gasteiger partial charge on any atom is -0.454 e. The van der Waals surface area contributed by atoms with E-state index >= 15 is 0 Å². The van der Waals surface area contributed by atoms with Crippen molar-refractivity contribution in [2.45, 2.75) is 13.0 Å². The van der Waals surface area contributed by atoms with Gasteiger partial charge in [-0.1, -0.05) is 24.3 Å². The van der Waals surface area contributed by atoms with Crippen LogP contribution in [0, 0.1) is 15.9 Å². The molecule has 6 heteroatoms. The van der Waals surface area contributed by atoms with Crippen LogP contribution in [0.1, 0.15) is 24.2 Å². The number of nitro groups is 1. The number of nitrogens with zero attached hydrogens (tertiary/aromatic N) is 1. The SMILES string of the molecule is CC(OC(=O)/C=C/c1ccc(F)cc1)c1ccccc1[N+](=O)[O-]. The number of ether oxygens (including phenoxy) is 1. The fraction of sp³-hybridized carbons (Fsp3) is 0.118. The van der Waals surface area contributed by atoms with E-state index in [0.717, 1.165) is 0 Å². The summed E-state index contributed by atoms with van der Waals surface area (Å²) in [4.78, 5) is 22.2. The standard InChI is InChI=1S/C17H14FNO4/c1-12(15-4-2-3-5-16(15)19(21)22)23-17(20)11-8-13-6-9-14(18)10-7-13/h2-12H,1H3/b11-8+. The van der Waals surface area contributed by atoms with Crippen LogP contribution in [0.5, 0.6) is 0 Å². The molecule has 0 aliphatic carbocycles. The number of rotatable bonds is 5. The average molecular weight is 315 g/mol. The van der Waals surface area contributed by atoms with Gasteiger partial charge in [-0.3, -0.25) is 10.1 Å². The van der Waals surface area contributed by atoms with E-state index in [1.165, 1.54) is 42.5 Å². The van der Waals surface area contributed by atoms with E-state index in [0.29, 0.717) is 11.1 Å². The maximum atomic E-state index is 12.8. The lowest BCUT2D eigenvalue weighted by molar-refractivity contribution is -0.386. The van der Waals surface area contributed by atoms with Crippen LogP contribution in [0.15, 0.2) is 54.6 Å². The van der Waals surface area contributed by atoms with Crippen LogP contribution in [0.3, 0.4) is 0 Å². The molecule has 2 aromatic rings. The first kappa shape index (κ1) is 16.4. The Labute approximate surface area is 132 Å². The number of carbonyl (C=O) groups excluding carboxylic acids is 1. The molecule has 0 heterocycles. The van der Waals surface area contributed by atoms with Gasteiger partial charge in [0.25, 0.3) is 5.69 Å². The first-order chi connectivity index (χ1) is 11.0. The van der Waals surface area contributed by atoms with Crippen LogP contribution in [0.2, 0.25) is 0 Å². The average Bonchev–Trinajstić information content (AvgIpc) is 2.54. The second-order valence-corrected chi connectivity index (χ2v) is 4.78. The molecule has 0 amide bonds. The van der Waals surface area contributed by atoms with E-state index < -0.39 is 17.0 Å². The van der Waals surface area contributed by atoms with Crippen LogP contribution in [-0.2, 0) is 9.53 Å². The molecule has 118 valence electrons. The molecule has 0 saturated heterocycles. The molecule has 0 N–H and O–H groups in total. The smallest absolute Gasteiger partial charge is 0.331 e. The maximum absolute atomic E-state index is 12.8. The lowest BCUT2D eigenvalue weighted by Crippen LogP contribution is -2.08. The number of benzene rings is 2. The van der Waals surface area contributed by atoms with E-state index in [1.54, 1.807) is 25.1 Å². The van der Waals surface area contributed by atoms with Crippen molar-refractivity contribution in [3.05, 3.63) is 81.7 Å². The second kappa shape index (κ2) is 7.31. The van der Waals surface area contributed by atoms with Crippen molar-refractivity contribution in [1.82, 2.24) is 0 Å². The van der Waals surface area contributed by atoms with Gasteiger partial charge in [-0.05, 0) is 36.8 Å². The minimum absolute atomic E-state index is 0.102. The summed E-state index contributed by atoms with van der Waals surface area (Å²) in [5.41, 5.74) is 0.859. The third-order valence-corrected chi connectivity index (χ3v) is 3.15. The van der Waals surface area contributed by atoms with Crippen molar-refractivity contribution in [2.24, 2.45) is 0 Å². The summed E-state index contributed by atoms with van der Waals surface area (Å²) in [5.74, 6) is -1.00. The molecule has 5 nitrogen and oxygen atoms in total. The van der Waals surface area contributed by atoms with Crippen molar-refractivity contribution in [2.75, 3.05) is 0 Å². The fourth-order valence-electron chi connectivity index (χ4n) is 2.01. The highest BCUT2D eigenvalue weighted by Crippen LogP contribution is 2.27. The lowest BCUT2D eigenvalue weighted by Gasteiger charge is -2.12. The normalized spacial score (nSPS) is 12.1. The lowest BCUT2D eigenvalue weighted by atomic mass is 10.1. The molecular weight excluding hydrogens is 301 g/mol. The number of esters is 1. The third-order valence-electron chi connectivity index (χ3n) is 3.15. The molecule has 0 bridgehead atoms. The van der Waals surface area contributed by atoms with Crippen LogP contribution in [-0.4, -0.2) is 10.9 Å². The van der Waals surface area contributed by atoms with Crippen LogP contribution < -0.4 is 0 Å². The summed E-state index contributed by atoms with van der Waals surface area (Å²) < 4.78 is 17.9. The van der Waals surface area contributed by atoms with Gasteiger partial charge in [0.2, 0.25) is 0 Å². The van der Waals surface area contributed by atoms with Crippen LogP contribution in [0.25, 0.3) is 6.08 Å². The van der Waals surface area contributed by atoms with Crippen molar-refractivity contribution >= 4 is 17.7 Å². The number of nitro benzene ring substituents is 1. The quantitative estimate of drug-likeness (QED) is 0.361. The topological polar surface area (TPSA) is 69.4 Å². The second-order valence-electron chi connectivity index (χ2n) is 4.78. The molecule has 0 aromatic heterocycles. The predicted molar refractivity (Wildman–Crippen MR) is 83.0 cm³/mol. The molecule has 0 spiro atoms. The van der Waals surface area contributed by atoms with E-state index in [1.807, 2.05) is 0 Å². The molecule has 2 aromatic carbocycles. The van der Waals surface area contributed by atoms with Crippen molar-refractivity contribution in [3.8, 4) is 0 Å². The van der Waals surface area contributed by atoms with Gasteiger partial charge < -0.3 is 4.74 Å². The molecule has 1 unspecified atom stereocenters. The number of carbonyl (C=O) groups is 1. The monoisotopic (exact) mass is 315 g/mol. The Hall–Kier alpha value is -3.02. The van der Waals surface area contributed by atoms with E-state index in [9.17, 15) is 19.3 Å². The predicted octanol–water partition coefficient (Wildman–Crippen LogP) is 4.05. The summed E-state index contributed by atoms with van der Waals surface area (Å²) in [6, 6.07) is 11.7. The highest BCUT2D eigenvalue weighted by Gasteiger charge is 2.20. The zero-order valence-corrected chi connectivity index (χ0v) is 12.3. The van der Waals surface area contributed by atoms with Gasteiger partial charge in [-0.2, -0.15) is 0 Å². The van der Waals surface area contributed by atoms with E-state index in [2.05, 4.69) is 0 Å². The molecular formula is C17H14FNO4. The van der Waals surface area contributed by atoms with Crippen molar-refractivity contribution in [3.63, 3.8) is 0 Å². The summed E-state index contributed by atoms with van der Waals surface area (Å²) in [5, 5.41) is 11.0. The van der Waals surface area contributed by atoms with Gasteiger partial charge in [0.05, 0.1) is 10.5 Å². The van der Waals surface area contributed by atoms with Gasteiger partial charge in [-0.15, -0.1) is 0 Å². The van der Waals surface area contributed by atoms with Crippen molar-refractivity contribution < 1.29 is 18.8 Å². The van der Waals surface area contributed by atoms with E-state index in [-0.39, 0.29) is 11.5 Å². The first-order valence-corrected chi connectivity index (χ1v) is 6.85. The Balaban J connectivity index is 2.05.